The van der Waals surface area contributed by atoms with Gasteiger partial charge in [-0.05, 0) is 86.3 Å². The Balaban J connectivity index is 1.34. The average molecular weight is 664 g/mol. The Bertz CT molecular complexity index is 1740. The quantitative estimate of drug-likeness (QED) is 0.194. The molecule has 11 heteroatoms. The molecule has 9 nitrogen and oxygen atoms in total. The van der Waals surface area contributed by atoms with Crippen LogP contribution in [0.15, 0.2) is 102 Å². The van der Waals surface area contributed by atoms with E-state index in [4.69, 9.17) is 21.1 Å². The molecule has 1 amide bonds. The first-order valence-corrected chi connectivity index (χ1v) is 16.9. The van der Waals surface area contributed by atoms with Gasteiger partial charge in [-0.25, -0.2) is 8.42 Å². The molecule has 3 atom stereocenters. The van der Waals surface area contributed by atoms with Crippen molar-refractivity contribution >= 4 is 33.2 Å². The van der Waals surface area contributed by atoms with Crippen molar-refractivity contribution in [1.29, 1.82) is 0 Å². The van der Waals surface area contributed by atoms with Gasteiger partial charge < -0.3 is 19.5 Å². The van der Waals surface area contributed by atoms with Crippen molar-refractivity contribution in [3.05, 3.63) is 113 Å². The maximum Gasteiger partial charge on any atom is 0.261 e. The summed E-state index contributed by atoms with van der Waals surface area (Å²) in [5, 5.41) is 10.4. The first kappa shape index (κ1) is 33.3. The van der Waals surface area contributed by atoms with Crippen LogP contribution in [0.1, 0.15) is 29.8 Å². The van der Waals surface area contributed by atoms with E-state index in [9.17, 15) is 18.3 Å². The monoisotopic (exact) mass is 663 g/mol. The molecular formula is C35H38ClN3O6S. The van der Waals surface area contributed by atoms with Crippen molar-refractivity contribution in [3.63, 3.8) is 0 Å². The molecule has 0 bridgehead atoms. The van der Waals surface area contributed by atoms with Crippen LogP contribution in [-0.4, -0.2) is 68.1 Å². The molecule has 1 aliphatic heterocycles. The molecule has 1 heterocycles. The summed E-state index contributed by atoms with van der Waals surface area (Å²) in [7, 11) is -1.93. The first-order chi connectivity index (χ1) is 22.0. The number of nitrogens with one attached hydrogen (secondary N) is 1. The van der Waals surface area contributed by atoms with Crippen molar-refractivity contribution < 1.29 is 27.8 Å². The largest absolute Gasteiger partial charge is 0.488 e. The first-order valence-electron chi connectivity index (χ1n) is 15.0. The number of fused-ring (bicyclic) bond motifs is 1. The van der Waals surface area contributed by atoms with E-state index in [-0.39, 0.29) is 40.7 Å². The summed E-state index contributed by atoms with van der Waals surface area (Å²) in [5.41, 5.74) is 1.53. The number of anilines is 1. The smallest absolute Gasteiger partial charge is 0.261 e. The lowest BCUT2D eigenvalue weighted by molar-refractivity contribution is 0.0341. The second-order valence-corrected chi connectivity index (χ2v) is 13.8. The van der Waals surface area contributed by atoms with Crippen molar-refractivity contribution in [2.45, 2.75) is 37.4 Å². The summed E-state index contributed by atoms with van der Waals surface area (Å²) in [4.78, 5) is 17.6. The maximum absolute atomic E-state index is 13.8. The molecule has 4 aromatic rings. The summed E-state index contributed by atoms with van der Waals surface area (Å²) in [6, 6.07) is 27.6. The normalized spacial score (nSPS) is 17.4. The van der Waals surface area contributed by atoms with Gasteiger partial charge in [-0.15, -0.1) is 0 Å². The highest BCUT2D eigenvalue weighted by atomic mass is 35.5. The van der Waals surface area contributed by atoms with Crippen LogP contribution in [0, 0.1) is 5.92 Å². The van der Waals surface area contributed by atoms with Crippen LogP contribution < -0.4 is 14.2 Å². The molecule has 0 radical (unpaired) electrons. The van der Waals surface area contributed by atoms with E-state index in [1.165, 1.54) is 30.3 Å². The zero-order valence-electron chi connectivity index (χ0n) is 26.0. The minimum atomic E-state index is -3.94. The minimum Gasteiger partial charge on any atom is -0.488 e. The van der Waals surface area contributed by atoms with Gasteiger partial charge in [-0.1, -0.05) is 48.9 Å². The zero-order valence-corrected chi connectivity index (χ0v) is 27.5. The fourth-order valence-electron chi connectivity index (χ4n) is 5.30. The third-order valence-electron chi connectivity index (χ3n) is 7.89. The van der Waals surface area contributed by atoms with Gasteiger partial charge in [0.1, 0.15) is 23.4 Å². The second-order valence-electron chi connectivity index (χ2n) is 11.6. The highest BCUT2D eigenvalue weighted by molar-refractivity contribution is 7.92. The highest BCUT2D eigenvalue weighted by Gasteiger charge is 2.33. The number of benzene rings is 4. The molecule has 0 saturated heterocycles. The van der Waals surface area contributed by atoms with Crippen LogP contribution in [-0.2, 0) is 16.6 Å². The standard InChI is InChI=1S/C35H38ClN3O6S/c1-24-20-39(25(2)23-40)35(41)32-19-28(37-46(42,43)31-16-11-27(36)12-17-31)13-18-33(32)45-34(24)22-38(3)21-26-9-14-30(15-10-26)44-29-7-5-4-6-8-29/h4-19,24-25,34,37,40H,20-23H2,1-3H3/t24-,25+,34+/m0/s1. The topological polar surface area (TPSA) is 108 Å². The summed E-state index contributed by atoms with van der Waals surface area (Å²) >= 11 is 5.92. The number of ether oxygens (including phenoxy) is 2. The third-order valence-corrected chi connectivity index (χ3v) is 9.54. The average Bonchev–Trinajstić information content (AvgIpc) is 3.04. The molecule has 4 aromatic carbocycles. The molecule has 0 fully saturated rings. The molecule has 0 saturated carbocycles. The van der Waals surface area contributed by atoms with Gasteiger partial charge in [0.2, 0.25) is 0 Å². The van der Waals surface area contributed by atoms with Gasteiger partial charge in [-0.2, -0.15) is 0 Å². The third kappa shape index (κ3) is 8.19. The number of aliphatic hydroxyl groups is 1. The molecule has 1 aliphatic rings. The van der Waals surface area contributed by atoms with Crippen molar-refractivity contribution in [3.8, 4) is 17.2 Å². The Labute approximate surface area is 275 Å². The van der Waals surface area contributed by atoms with Crippen LogP contribution in [0.4, 0.5) is 5.69 Å². The number of sulfonamides is 1. The van der Waals surface area contributed by atoms with Crippen molar-refractivity contribution in [2.24, 2.45) is 5.92 Å². The van der Waals surface area contributed by atoms with Gasteiger partial charge in [-0.3, -0.25) is 14.4 Å². The fourth-order valence-corrected chi connectivity index (χ4v) is 6.48. The number of halogens is 1. The lowest BCUT2D eigenvalue weighted by Crippen LogP contribution is -2.49. The number of para-hydroxylation sites is 1. The number of amides is 1. The van der Waals surface area contributed by atoms with Gasteiger partial charge in [0.05, 0.1) is 23.1 Å². The Morgan fingerprint density at radius 1 is 1.02 bits per heavy atom. The zero-order chi connectivity index (χ0) is 32.8. The number of hydrogen-bond acceptors (Lipinski definition) is 7. The van der Waals surface area contributed by atoms with E-state index in [1.54, 1.807) is 24.0 Å². The predicted molar refractivity (Wildman–Crippen MR) is 179 cm³/mol. The van der Waals surface area contributed by atoms with E-state index in [1.807, 2.05) is 68.6 Å². The summed E-state index contributed by atoms with van der Waals surface area (Å²) in [6.45, 7) is 5.16. The Morgan fingerprint density at radius 3 is 2.37 bits per heavy atom. The van der Waals surface area contributed by atoms with Gasteiger partial charge >= 0.3 is 0 Å². The number of hydrogen-bond donors (Lipinski definition) is 2. The second kappa shape index (κ2) is 14.6. The number of carbonyl (C=O) groups is 1. The molecule has 2 N–H and O–H groups in total. The number of likely N-dealkylation sites (N-methyl/N-ethyl adjacent to an activating group) is 1. The SMILES string of the molecule is C[C@H](CO)N1C[C@H](C)[C@@H](CN(C)Cc2ccc(Oc3ccccc3)cc2)Oc2ccc(NS(=O)(=O)c3ccc(Cl)cc3)cc2C1=O. The van der Waals surface area contributed by atoms with Gasteiger partial charge in [0.25, 0.3) is 15.9 Å². The molecule has 242 valence electrons. The van der Waals surface area contributed by atoms with E-state index >= 15 is 0 Å². The number of aliphatic hydroxyl groups excluding tert-OH is 1. The lowest BCUT2D eigenvalue weighted by Gasteiger charge is -2.38. The van der Waals surface area contributed by atoms with Crippen molar-refractivity contribution in [1.82, 2.24) is 9.80 Å². The predicted octanol–water partition coefficient (Wildman–Crippen LogP) is 6.29. The minimum absolute atomic E-state index is 0.0389. The molecule has 0 aliphatic carbocycles. The van der Waals surface area contributed by atoms with Gasteiger partial charge in [0.15, 0.2) is 0 Å². The van der Waals surface area contributed by atoms with Crippen LogP contribution in [0.3, 0.4) is 0 Å². The van der Waals surface area contributed by atoms with Crippen LogP contribution in [0.5, 0.6) is 17.2 Å². The maximum atomic E-state index is 13.8. The molecule has 5 rings (SSSR count). The van der Waals surface area contributed by atoms with Crippen LogP contribution in [0.2, 0.25) is 5.02 Å². The number of carbonyl (C=O) groups excluding carboxylic acids is 1. The summed E-state index contributed by atoms with van der Waals surface area (Å²) in [5.74, 6) is 1.46. The molecule has 46 heavy (non-hydrogen) atoms. The lowest BCUT2D eigenvalue weighted by atomic mass is 9.99. The summed E-state index contributed by atoms with van der Waals surface area (Å²) in [6.07, 6.45) is -0.303. The van der Waals surface area contributed by atoms with E-state index in [2.05, 4.69) is 9.62 Å². The Morgan fingerprint density at radius 2 is 1.70 bits per heavy atom. The highest BCUT2D eigenvalue weighted by Crippen LogP contribution is 2.32. The van der Waals surface area contributed by atoms with E-state index < -0.39 is 16.1 Å². The molecule has 0 unspecified atom stereocenters. The number of nitrogens with zero attached hydrogens (tertiary/aromatic N) is 2. The summed E-state index contributed by atoms with van der Waals surface area (Å²) < 4.78 is 41.1. The fraction of sp³-hybridized carbons (Fsp3) is 0.286. The van der Waals surface area contributed by atoms with Gasteiger partial charge in [0, 0.05) is 36.3 Å². The van der Waals surface area contributed by atoms with Crippen molar-refractivity contribution in [2.75, 3.05) is 31.5 Å². The molecule has 0 spiro atoms. The van der Waals surface area contributed by atoms with Crippen LogP contribution in [0.25, 0.3) is 0 Å². The number of rotatable bonds is 11. The molecular weight excluding hydrogens is 626 g/mol. The molecule has 0 aromatic heterocycles. The van der Waals surface area contributed by atoms with Crippen LogP contribution >= 0.6 is 11.6 Å². The van der Waals surface area contributed by atoms with E-state index in [0.717, 1.165) is 17.1 Å². The Hall–Kier alpha value is -4.09. The van der Waals surface area contributed by atoms with E-state index in [0.29, 0.717) is 30.4 Å². The Kier molecular flexibility index (Phi) is 10.5.